The number of allylic oxidation sites excluding steroid dienone is 1. The van der Waals surface area contributed by atoms with E-state index in [1.165, 1.54) is 35.1 Å². The fourth-order valence-corrected chi connectivity index (χ4v) is 7.17. The van der Waals surface area contributed by atoms with E-state index in [1.807, 2.05) is 13.8 Å². The molecule has 1 aromatic heterocycles. The van der Waals surface area contributed by atoms with Gasteiger partial charge < -0.3 is 18.9 Å². The van der Waals surface area contributed by atoms with Crippen LogP contribution >= 0.6 is 38.9 Å². The second-order valence-electron chi connectivity index (χ2n) is 10.9. The van der Waals surface area contributed by atoms with E-state index in [0.717, 1.165) is 5.56 Å². The normalized spacial score (nSPS) is 14.4. The molecular formula is C34H31BrClN3O8S. The summed E-state index contributed by atoms with van der Waals surface area (Å²) in [6.45, 7) is 7.53. The van der Waals surface area contributed by atoms with E-state index in [9.17, 15) is 19.7 Å². The predicted octanol–water partition coefficient (Wildman–Crippen LogP) is 6.50. The van der Waals surface area contributed by atoms with E-state index >= 15 is 0 Å². The van der Waals surface area contributed by atoms with Crippen LogP contribution < -0.4 is 29.1 Å². The highest BCUT2D eigenvalue weighted by molar-refractivity contribution is 9.10. The summed E-state index contributed by atoms with van der Waals surface area (Å²) in [5, 5.41) is 11.2. The van der Waals surface area contributed by atoms with E-state index in [-0.39, 0.29) is 36.1 Å². The Kier molecular flexibility index (Phi) is 10.7. The summed E-state index contributed by atoms with van der Waals surface area (Å²) in [6.07, 6.45) is 1.60. The third-order valence-electron chi connectivity index (χ3n) is 7.23. The molecule has 250 valence electrons. The molecule has 0 aliphatic carbocycles. The number of fused-ring (bicyclic) bond motifs is 1. The molecule has 0 N–H and O–H groups in total. The van der Waals surface area contributed by atoms with Gasteiger partial charge in [-0.25, -0.2) is 9.79 Å². The highest BCUT2D eigenvalue weighted by Gasteiger charge is 2.34. The first-order valence-corrected chi connectivity index (χ1v) is 16.8. The molecule has 0 bridgehead atoms. The summed E-state index contributed by atoms with van der Waals surface area (Å²) in [5.41, 5.74) is 2.28. The third-order valence-corrected chi connectivity index (χ3v) is 9.08. The Hall–Kier alpha value is -4.46. The molecule has 0 saturated heterocycles. The Balaban J connectivity index is 1.54. The number of rotatable bonds is 11. The van der Waals surface area contributed by atoms with Gasteiger partial charge in [-0.3, -0.25) is 19.5 Å². The lowest BCUT2D eigenvalue weighted by Gasteiger charge is -2.25. The van der Waals surface area contributed by atoms with Crippen LogP contribution in [0.3, 0.4) is 0 Å². The van der Waals surface area contributed by atoms with Crippen molar-refractivity contribution in [2.75, 3.05) is 13.7 Å². The van der Waals surface area contributed by atoms with Gasteiger partial charge in [0.1, 0.15) is 6.61 Å². The molecule has 5 rings (SSSR count). The molecule has 11 nitrogen and oxygen atoms in total. The summed E-state index contributed by atoms with van der Waals surface area (Å²) in [6, 6.07) is 13.9. The van der Waals surface area contributed by atoms with E-state index < -0.39 is 16.9 Å². The molecule has 0 spiro atoms. The largest absolute Gasteiger partial charge is 0.493 e. The van der Waals surface area contributed by atoms with Crippen molar-refractivity contribution in [2.24, 2.45) is 4.99 Å². The molecule has 0 radical (unpaired) electrons. The Morgan fingerprint density at radius 2 is 1.90 bits per heavy atom. The number of nitro benzene ring substituents is 1. The molecule has 4 aromatic rings. The average Bonchev–Trinajstić information content (AvgIpc) is 3.33. The maximum atomic E-state index is 14.1. The van der Waals surface area contributed by atoms with Gasteiger partial charge >= 0.3 is 5.97 Å². The molecule has 14 heteroatoms. The minimum Gasteiger partial charge on any atom is -0.493 e. The van der Waals surface area contributed by atoms with Gasteiger partial charge in [-0.2, -0.15) is 0 Å². The van der Waals surface area contributed by atoms with E-state index in [0.29, 0.717) is 52.9 Å². The average molecular weight is 757 g/mol. The van der Waals surface area contributed by atoms with Crippen molar-refractivity contribution < 1.29 is 28.7 Å². The van der Waals surface area contributed by atoms with Crippen LogP contribution in [0.4, 0.5) is 5.69 Å². The van der Waals surface area contributed by atoms with Gasteiger partial charge in [0.05, 0.1) is 56.1 Å². The zero-order valence-corrected chi connectivity index (χ0v) is 29.8. The summed E-state index contributed by atoms with van der Waals surface area (Å²) >= 11 is 11.3. The van der Waals surface area contributed by atoms with Crippen LogP contribution in [0, 0.1) is 10.1 Å². The number of non-ortho nitro benzene ring substituents is 1. The van der Waals surface area contributed by atoms with Crippen molar-refractivity contribution in [2.45, 2.75) is 46.4 Å². The molecule has 3 aromatic carbocycles. The molecule has 2 heterocycles. The Bertz CT molecular complexity index is 2080. The first-order valence-electron chi connectivity index (χ1n) is 14.8. The first-order chi connectivity index (χ1) is 22.9. The van der Waals surface area contributed by atoms with Gasteiger partial charge in [0.15, 0.2) is 22.0 Å². The van der Waals surface area contributed by atoms with Gasteiger partial charge in [-0.05, 0) is 103 Å². The highest BCUT2D eigenvalue weighted by atomic mass is 79.9. The second kappa shape index (κ2) is 14.8. The van der Waals surface area contributed by atoms with Gasteiger partial charge in [0, 0.05) is 12.1 Å². The first kappa shape index (κ1) is 34.9. The molecule has 1 aliphatic heterocycles. The predicted molar refractivity (Wildman–Crippen MR) is 186 cm³/mol. The number of aromatic nitrogens is 1. The number of nitro groups is 1. The molecular weight excluding hydrogens is 726 g/mol. The summed E-state index contributed by atoms with van der Waals surface area (Å²) in [7, 11) is 1.53. The summed E-state index contributed by atoms with van der Waals surface area (Å²) in [4.78, 5) is 42.9. The number of nitrogens with zero attached hydrogens (tertiary/aromatic N) is 3. The number of methoxy groups -OCH3 is 1. The lowest BCUT2D eigenvalue weighted by molar-refractivity contribution is -0.384. The minimum atomic E-state index is -0.838. The van der Waals surface area contributed by atoms with Gasteiger partial charge in [-0.1, -0.05) is 29.0 Å². The van der Waals surface area contributed by atoms with Crippen LogP contribution in [0.2, 0.25) is 5.02 Å². The van der Waals surface area contributed by atoms with Crippen molar-refractivity contribution >= 4 is 56.6 Å². The molecule has 1 aliphatic rings. The number of benzene rings is 3. The van der Waals surface area contributed by atoms with Crippen molar-refractivity contribution in [3.63, 3.8) is 0 Å². The lowest BCUT2D eigenvalue weighted by atomic mass is 9.95. The van der Waals surface area contributed by atoms with Crippen LogP contribution in [-0.2, 0) is 16.1 Å². The van der Waals surface area contributed by atoms with E-state index in [2.05, 4.69) is 20.9 Å². The fraction of sp³-hybridized carbons (Fsp3) is 0.265. The maximum Gasteiger partial charge on any atom is 0.338 e. The van der Waals surface area contributed by atoms with Crippen molar-refractivity contribution in [3.8, 4) is 17.2 Å². The van der Waals surface area contributed by atoms with Crippen LogP contribution in [0.1, 0.15) is 50.4 Å². The number of carbonyl (C=O) groups is 1. The second-order valence-corrected chi connectivity index (χ2v) is 13.2. The van der Waals surface area contributed by atoms with Crippen molar-refractivity contribution in [1.29, 1.82) is 0 Å². The standard InChI is InChI=1S/C34H31BrClN3O8S/c1-6-45-33(41)29-19(4)37-34-38(30(29)22-9-12-26(47-18(2)3)27(16-22)44-5)32(40)28(48-34)15-21-13-24(35)31(25(36)14-21)46-17-20-7-10-23(11-8-20)39(42)43/h7-16,18,30H,6,17H2,1-5H3/b28-15-/t30-/m1/s1. The smallest absolute Gasteiger partial charge is 0.338 e. The monoisotopic (exact) mass is 755 g/mol. The van der Waals surface area contributed by atoms with Crippen LogP contribution in [0.5, 0.6) is 17.2 Å². The topological polar surface area (TPSA) is 131 Å². The Labute approximate surface area is 293 Å². The highest BCUT2D eigenvalue weighted by Crippen LogP contribution is 2.37. The SMILES string of the molecule is CCOC(=O)C1=C(C)N=c2s/c(=C\c3cc(Cl)c(OCc4ccc([N+](=O)[O-])cc4)c(Br)c3)c(=O)n2[C@@H]1c1ccc(OC(C)C)c(OC)c1. The third kappa shape index (κ3) is 7.33. The van der Waals surface area contributed by atoms with Crippen LogP contribution in [0.15, 0.2) is 80.1 Å². The number of thiazole rings is 1. The quantitative estimate of drug-likeness (QED) is 0.0964. The fourth-order valence-electron chi connectivity index (χ4n) is 5.13. The molecule has 0 unspecified atom stereocenters. The lowest BCUT2D eigenvalue weighted by Crippen LogP contribution is -2.40. The number of carbonyl (C=O) groups excluding carboxylic acids is 1. The zero-order valence-electron chi connectivity index (χ0n) is 26.6. The molecule has 0 saturated carbocycles. The minimum absolute atomic E-state index is 0.0138. The van der Waals surface area contributed by atoms with E-state index in [1.54, 1.807) is 62.4 Å². The maximum absolute atomic E-state index is 14.1. The van der Waals surface area contributed by atoms with Gasteiger partial charge in [0.2, 0.25) is 0 Å². The molecule has 0 fully saturated rings. The van der Waals surface area contributed by atoms with Crippen molar-refractivity contribution in [3.05, 3.63) is 122 Å². The Morgan fingerprint density at radius 3 is 2.52 bits per heavy atom. The number of hydrogen-bond acceptors (Lipinski definition) is 10. The van der Waals surface area contributed by atoms with Gasteiger partial charge in [-0.15, -0.1) is 0 Å². The van der Waals surface area contributed by atoms with Gasteiger partial charge in [0.25, 0.3) is 11.2 Å². The Morgan fingerprint density at radius 1 is 1.17 bits per heavy atom. The van der Waals surface area contributed by atoms with E-state index in [4.69, 9.17) is 30.5 Å². The zero-order chi connectivity index (χ0) is 34.7. The van der Waals surface area contributed by atoms with Crippen LogP contribution in [0.25, 0.3) is 6.08 Å². The number of halogens is 2. The molecule has 0 amide bonds. The number of ether oxygens (including phenoxy) is 4. The molecule has 48 heavy (non-hydrogen) atoms. The molecule has 1 atom stereocenters. The summed E-state index contributed by atoms with van der Waals surface area (Å²) in [5.74, 6) is 0.794. The number of esters is 1. The van der Waals surface area contributed by atoms with Crippen molar-refractivity contribution in [1.82, 2.24) is 4.57 Å². The number of hydrogen-bond donors (Lipinski definition) is 0. The van der Waals surface area contributed by atoms with Crippen LogP contribution in [-0.4, -0.2) is 35.3 Å². The summed E-state index contributed by atoms with van der Waals surface area (Å²) < 4.78 is 25.2.